The molecule has 0 aliphatic carbocycles. The third-order valence-electron chi connectivity index (χ3n) is 2.07. The highest BCUT2D eigenvalue weighted by atomic mass is 35.5. The molecular formula is C10H9ClFN3. The Kier molecular flexibility index (Phi) is 2.60. The first-order valence-corrected chi connectivity index (χ1v) is 4.76. The van der Waals surface area contributed by atoms with E-state index in [-0.39, 0.29) is 5.02 Å². The number of hydrogen-bond donors (Lipinski definition) is 1. The van der Waals surface area contributed by atoms with Crippen LogP contribution in [-0.4, -0.2) is 9.78 Å². The summed E-state index contributed by atoms with van der Waals surface area (Å²) < 4.78 is 14.7. The van der Waals surface area contributed by atoms with Crippen LogP contribution in [0, 0.1) is 5.82 Å². The summed E-state index contributed by atoms with van der Waals surface area (Å²) in [7, 11) is 0. The number of hydrogen-bond acceptors (Lipinski definition) is 2. The topological polar surface area (TPSA) is 43.8 Å². The second kappa shape index (κ2) is 3.90. The van der Waals surface area contributed by atoms with Crippen LogP contribution in [0.5, 0.6) is 0 Å². The molecule has 3 nitrogen and oxygen atoms in total. The molecule has 0 atom stereocenters. The van der Waals surface area contributed by atoms with Crippen molar-refractivity contribution in [3.63, 3.8) is 0 Å². The predicted octanol–water partition coefficient (Wildman–Crippen LogP) is 2.31. The molecule has 2 N–H and O–H groups in total. The Balaban J connectivity index is 2.25. The summed E-state index contributed by atoms with van der Waals surface area (Å²) in [6.07, 6.45) is 1.60. The van der Waals surface area contributed by atoms with Crippen molar-refractivity contribution in [1.82, 2.24) is 9.78 Å². The van der Waals surface area contributed by atoms with Crippen LogP contribution in [0.3, 0.4) is 0 Å². The van der Waals surface area contributed by atoms with E-state index in [1.807, 2.05) is 0 Å². The molecule has 5 heteroatoms. The highest BCUT2D eigenvalue weighted by Crippen LogP contribution is 2.16. The first kappa shape index (κ1) is 9.98. The molecule has 0 radical (unpaired) electrons. The molecule has 1 aromatic carbocycles. The number of benzene rings is 1. The van der Waals surface area contributed by atoms with Crippen molar-refractivity contribution in [2.75, 3.05) is 5.73 Å². The van der Waals surface area contributed by atoms with Gasteiger partial charge in [0.1, 0.15) is 11.6 Å². The number of nitrogen functional groups attached to an aromatic ring is 1. The molecule has 0 unspecified atom stereocenters. The van der Waals surface area contributed by atoms with Gasteiger partial charge in [-0.05, 0) is 23.8 Å². The predicted molar refractivity (Wildman–Crippen MR) is 57.2 cm³/mol. The summed E-state index contributed by atoms with van der Waals surface area (Å²) in [6.45, 7) is 0.437. The molecule has 0 fully saturated rings. The fourth-order valence-corrected chi connectivity index (χ4v) is 1.40. The lowest BCUT2D eigenvalue weighted by molar-refractivity contribution is 0.620. The molecule has 0 saturated carbocycles. The summed E-state index contributed by atoms with van der Waals surface area (Å²) in [5, 5.41) is 4.12. The number of nitrogens with two attached hydrogens (primary N) is 1. The Labute approximate surface area is 91.3 Å². The molecule has 0 spiro atoms. The van der Waals surface area contributed by atoms with E-state index in [2.05, 4.69) is 5.10 Å². The maximum absolute atomic E-state index is 13.1. The van der Waals surface area contributed by atoms with Crippen molar-refractivity contribution >= 4 is 17.4 Å². The average Bonchev–Trinajstić information content (AvgIpc) is 2.59. The van der Waals surface area contributed by atoms with Crippen LogP contribution >= 0.6 is 11.6 Å². The van der Waals surface area contributed by atoms with Crippen LogP contribution in [0.1, 0.15) is 5.56 Å². The van der Waals surface area contributed by atoms with Gasteiger partial charge in [-0.15, -0.1) is 0 Å². The van der Waals surface area contributed by atoms with E-state index >= 15 is 0 Å². The lowest BCUT2D eigenvalue weighted by atomic mass is 10.2. The van der Waals surface area contributed by atoms with E-state index in [0.717, 1.165) is 5.56 Å². The van der Waals surface area contributed by atoms with Gasteiger partial charge in [-0.3, -0.25) is 0 Å². The van der Waals surface area contributed by atoms with Gasteiger partial charge in [-0.2, -0.15) is 5.10 Å². The molecule has 0 aliphatic heterocycles. The van der Waals surface area contributed by atoms with Crippen molar-refractivity contribution in [1.29, 1.82) is 0 Å². The fraction of sp³-hybridized carbons (Fsp3) is 0.100. The zero-order chi connectivity index (χ0) is 10.8. The van der Waals surface area contributed by atoms with Crippen LogP contribution in [0.2, 0.25) is 5.02 Å². The third kappa shape index (κ3) is 2.10. The van der Waals surface area contributed by atoms with E-state index in [0.29, 0.717) is 12.4 Å². The molecule has 0 amide bonds. The number of anilines is 1. The van der Waals surface area contributed by atoms with Gasteiger partial charge in [0, 0.05) is 0 Å². The summed E-state index contributed by atoms with van der Waals surface area (Å²) in [4.78, 5) is 0. The molecule has 1 heterocycles. The Morgan fingerprint density at radius 1 is 1.40 bits per heavy atom. The van der Waals surface area contributed by atoms with Gasteiger partial charge in [-0.25, -0.2) is 9.07 Å². The number of halogens is 2. The maximum Gasteiger partial charge on any atom is 0.142 e. The molecule has 2 aromatic rings. The van der Waals surface area contributed by atoms with E-state index < -0.39 is 5.82 Å². The van der Waals surface area contributed by atoms with Gasteiger partial charge in [0.15, 0.2) is 0 Å². The molecule has 1 aromatic heterocycles. The molecule has 0 bridgehead atoms. The van der Waals surface area contributed by atoms with Crippen LogP contribution in [0.25, 0.3) is 0 Å². The molecule has 0 saturated heterocycles. The normalized spacial score (nSPS) is 10.5. The Morgan fingerprint density at radius 2 is 2.20 bits per heavy atom. The quantitative estimate of drug-likeness (QED) is 0.853. The SMILES string of the molecule is Nc1ccnn1Cc1ccc(Cl)c(F)c1. The van der Waals surface area contributed by atoms with Crippen molar-refractivity contribution < 1.29 is 4.39 Å². The molecule has 2 rings (SSSR count). The highest BCUT2D eigenvalue weighted by Gasteiger charge is 2.03. The molecule has 0 aliphatic rings. The van der Waals surface area contributed by atoms with Crippen molar-refractivity contribution in [2.24, 2.45) is 0 Å². The van der Waals surface area contributed by atoms with Crippen molar-refractivity contribution in [3.8, 4) is 0 Å². The van der Waals surface area contributed by atoms with E-state index in [1.165, 1.54) is 12.1 Å². The summed E-state index contributed by atoms with van der Waals surface area (Å²) >= 11 is 5.57. The van der Waals surface area contributed by atoms with Crippen LogP contribution in [-0.2, 0) is 6.54 Å². The zero-order valence-electron chi connectivity index (χ0n) is 7.82. The second-order valence-electron chi connectivity index (χ2n) is 3.16. The largest absolute Gasteiger partial charge is 0.384 e. The average molecular weight is 226 g/mol. The van der Waals surface area contributed by atoms with Crippen LogP contribution in [0.15, 0.2) is 30.5 Å². The minimum Gasteiger partial charge on any atom is -0.384 e. The highest BCUT2D eigenvalue weighted by molar-refractivity contribution is 6.30. The Bertz CT molecular complexity index is 481. The summed E-state index contributed by atoms with van der Waals surface area (Å²) in [6, 6.07) is 6.33. The van der Waals surface area contributed by atoms with E-state index in [9.17, 15) is 4.39 Å². The zero-order valence-corrected chi connectivity index (χ0v) is 8.58. The molecule has 15 heavy (non-hydrogen) atoms. The van der Waals surface area contributed by atoms with E-state index in [1.54, 1.807) is 23.0 Å². The van der Waals surface area contributed by atoms with Crippen molar-refractivity contribution in [2.45, 2.75) is 6.54 Å². The van der Waals surface area contributed by atoms with Gasteiger partial charge >= 0.3 is 0 Å². The standard InChI is InChI=1S/C10H9ClFN3/c11-8-2-1-7(5-9(8)12)6-15-10(13)3-4-14-15/h1-5H,6,13H2. The minimum absolute atomic E-state index is 0.118. The summed E-state index contributed by atoms with van der Waals surface area (Å²) in [5.41, 5.74) is 6.41. The molecule has 78 valence electrons. The fourth-order valence-electron chi connectivity index (χ4n) is 1.29. The molecular weight excluding hydrogens is 217 g/mol. The smallest absolute Gasteiger partial charge is 0.142 e. The summed E-state index contributed by atoms with van der Waals surface area (Å²) in [5.74, 6) is 0.116. The van der Waals surface area contributed by atoms with Gasteiger partial charge in [0.2, 0.25) is 0 Å². The number of rotatable bonds is 2. The Morgan fingerprint density at radius 3 is 2.80 bits per heavy atom. The lowest BCUT2D eigenvalue weighted by Crippen LogP contribution is -2.05. The number of aromatic nitrogens is 2. The second-order valence-corrected chi connectivity index (χ2v) is 3.57. The maximum atomic E-state index is 13.1. The minimum atomic E-state index is -0.431. The van der Waals surface area contributed by atoms with Gasteiger partial charge in [0.25, 0.3) is 0 Å². The van der Waals surface area contributed by atoms with Gasteiger partial charge in [-0.1, -0.05) is 17.7 Å². The van der Waals surface area contributed by atoms with Crippen LogP contribution < -0.4 is 5.73 Å². The Hall–Kier alpha value is -1.55. The first-order valence-electron chi connectivity index (χ1n) is 4.38. The first-order chi connectivity index (χ1) is 7.16. The number of nitrogens with zero attached hydrogens (tertiary/aromatic N) is 2. The lowest BCUT2D eigenvalue weighted by Gasteiger charge is -2.04. The van der Waals surface area contributed by atoms with Gasteiger partial charge in [0.05, 0.1) is 17.8 Å². The monoisotopic (exact) mass is 225 g/mol. The van der Waals surface area contributed by atoms with Gasteiger partial charge < -0.3 is 5.73 Å². The third-order valence-corrected chi connectivity index (χ3v) is 2.37. The van der Waals surface area contributed by atoms with E-state index in [4.69, 9.17) is 17.3 Å². The van der Waals surface area contributed by atoms with Crippen LogP contribution in [0.4, 0.5) is 10.2 Å². The van der Waals surface area contributed by atoms with Crippen molar-refractivity contribution in [3.05, 3.63) is 46.9 Å².